The first kappa shape index (κ1) is 53.3. The van der Waals surface area contributed by atoms with Crippen LogP contribution in [0.25, 0.3) is 6.08 Å². The molecule has 15 heteroatoms. The number of anilines is 2. The molecule has 0 bridgehead atoms. The monoisotopic (exact) mass is 923 g/mol. The Morgan fingerprint density at radius 2 is 1.46 bits per heavy atom. The molecule has 362 valence electrons. The van der Waals surface area contributed by atoms with E-state index in [1.54, 1.807) is 29.2 Å². The van der Waals surface area contributed by atoms with Crippen LogP contribution in [0.1, 0.15) is 122 Å². The maximum atomic E-state index is 13.8. The minimum Gasteiger partial charge on any atom is -0.461 e. The number of hydrogen-bond acceptors (Lipinski definition) is 9. The van der Waals surface area contributed by atoms with E-state index in [2.05, 4.69) is 40.3 Å². The second-order valence-electron chi connectivity index (χ2n) is 19.4. The van der Waals surface area contributed by atoms with Gasteiger partial charge in [-0.25, -0.2) is 0 Å². The van der Waals surface area contributed by atoms with E-state index in [0.717, 1.165) is 22.4 Å². The van der Waals surface area contributed by atoms with Gasteiger partial charge in [-0.05, 0) is 64.6 Å². The second-order valence-corrected chi connectivity index (χ2v) is 19.4. The molecule has 1 heterocycles. The van der Waals surface area contributed by atoms with E-state index in [-0.39, 0.29) is 87.9 Å². The third-order valence-corrected chi connectivity index (χ3v) is 11.3. The number of nitrogens with zero attached hydrogens (tertiary/aromatic N) is 1. The van der Waals surface area contributed by atoms with Crippen molar-refractivity contribution >= 4 is 58.9 Å². The number of carbonyl (C=O) groups excluding carboxylic acids is 7. The molecule has 3 aromatic rings. The van der Waals surface area contributed by atoms with Gasteiger partial charge in [0.25, 0.3) is 0 Å². The average molecular weight is 923 g/mol. The molecular weight excluding hydrogens is 853 g/mol. The summed E-state index contributed by atoms with van der Waals surface area (Å²) in [5.41, 5.74) is 9.36. The van der Waals surface area contributed by atoms with Crippen molar-refractivity contribution in [1.29, 1.82) is 0 Å². The number of hydrogen-bond donors (Lipinski definition) is 5. The van der Waals surface area contributed by atoms with E-state index in [4.69, 9.17) is 15.2 Å². The minimum atomic E-state index is -1.13. The topological polar surface area (TPSA) is 215 Å². The molecule has 0 spiro atoms. The Hall–Kier alpha value is -6.35. The Labute approximate surface area is 395 Å². The number of benzene rings is 3. The van der Waals surface area contributed by atoms with E-state index in [9.17, 15) is 33.6 Å². The Balaban J connectivity index is 1.26. The number of nitrogens with one attached hydrogen (secondary N) is 4. The van der Waals surface area contributed by atoms with Gasteiger partial charge >= 0.3 is 5.97 Å². The van der Waals surface area contributed by atoms with E-state index in [1.165, 1.54) is 6.92 Å². The molecule has 6 amide bonds. The number of allylic oxidation sites excluding steroid dienone is 1. The molecule has 6 N–H and O–H groups in total. The number of amides is 6. The summed E-state index contributed by atoms with van der Waals surface area (Å²) in [5, 5.41) is 11.3. The highest BCUT2D eigenvalue weighted by molar-refractivity contribution is 5.99. The van der Waals surface area contributed by atoms with Crippen LogP contribution in [0.3, 0.4) is 0 Å². The molecule has 1 aliphatic heterocycles. The maximum Gasteiger partial charge on any atom is 0.302 e. The normalized spacial score (nSPS) is 15.0. The first-order valence-corrected chi connectivity index (χ1v) is 23.0. The van der Waals surface area contributed by atoms with Gasteiger partial charge in [-0.3, -0.25) is 33.6 Å². The highest BCUT2D eigenvalue weighted by Crippen LogP contribution is 2.33. The first-order chi connectivity index (χ1) is 31.6. The summed E-state index contributed by atoms with van der Waals surface area (Å²) >= 11 is 0. The lowest BCUT2D eigenvalue weighted by atomic mass is 9.89. The van der Waals surface area contributed by atoms with Crippen molar-refractivity contribution in [2.45, 2.75) is 125 Å². The summed E-state index contributed by atoms with van der Waals surface area (Å²) in [7, 11) is 0. The van der Waals surface area contributed by atoms with Gasteiger partial charge in [0.2, 0.25) is 35.4 Å². The third-order valence-electron chi connectivity index (χ3n) is 11.3. The molecular formula is C52H70N6O9. The standard InChI is InChI=1S/C52H70N6O9/c1-34(2)27-43(50(65)57-42(23-24-45(53)60)49(64)55-40-21-18-37(19-22-40)30-67-36(4)59)56-47(62)28-51(5,6)32-66-33-52(7,8)31-54-46(61)25-26-48(63)58-29-39-14-10-9-13-38(39)20-17-35(3)41-15-11-12-16-44(41)58/h9-22,34-35,42-43H,23-33H2,1-8H3,(H2,53,60)(H,54,61)(H,55,64)(H,56,62)(H,57,65)/b20-17-/t35?,42-,43-/m0/s1. The van der Waals surface area contributed by atoms with Crippen molar-refractivity contribution in [3.63, 3.8) is 0 Å². The number of ether oxygens (including phenoxy) is 2. The maximum absolute atomic E-state index is 13.8. The Morgan fingerprint density at radius 3 is 2.15 bits per heavy atom. The van der Waals surface area contributed by atoms with E-state index in [1.807, 2.05) is 90.1 Å². The van der Waals surface area contributed by atoms with Crippen LogP contribution in [0, 0.1) is 16.7 Å². The van der Waals surface area contributed by atoms with Gasteiger partial charge in [-0.2, -0.15) is 0 Å². The number of para-hydroxylation sites is 1. The predicted molar refractivity (Wildman–Crippen MR) is 259 cm³/mol. The van der Waals surface area contributed by atoms with Crippen LogP contribution >= 0.6 is 0 Å². The summed E-state index contributed by atoms with van der Waals surface area (Å²) < 4.78 is 11.1. The zero-order chi connectivity index (χ0) is 49.3. The van der Waals surface area contributed by atoms with Crippen LogP contribution in [0.5, 0.6) is 0 Å². The molecule has 0 fully saturated rings. The van der Waals surface area contributed by atoms with Gasteiger partial charge < -0.3 is 41.4 Å². The summed E-state index contributed by atoms with van der Waals surface area (Å²) in [4.78, 5) is 92.1. The number of fused-ring (bicyclic) bond motifs is 2. The SMILES string of the molecule is CC(=O)OCc1ccc(NC(=O)[C@H](CCC(N)=O)NC(=O)[C@H](CC(C)C)NC(=O)CC(C)(C)COCC(C)(C)CNC(=O)CCC(=O)N2Cc3ccccc3/C=C\C(C)c3ccccc32)cc1. The second kappa shape index (κ2) is 25.0. The van der Waals surface area contributed by atoms with Gasteiger partial charge in [-0.1, -0.05) is 115 Å². The number of rotatable bonds is 23. The molecule has 3 aromatic carbocycles. The van der Waals surface area contributed by atoms with Crippen molar-refractivity contribution < 1.29 is 43.0 Å². The van der Waals surface area contributed by atoms with Gasteiger partial charge in [0.15, 0.2) is 0 Å². The van der Waals surface area contributed by atoms with Crippen molar-refractivity contribution in [3.05, 3.63) is 101 Å². The summed E-state index contributed by atoms with van der Waals surface area (Å²) in [6.07, 6.45) is 4.41. The van der Waals surface area contributed by atoms with Crippen molar-refractivity contribution in [2.24, 2.45) is 22.5 Å². The fourth-order valence-electron chi connectivity index (χ4n) is 7.59. The molecule has 0 aromatic heterocycles. The van der Waals surface area contributed by atoms with Crippen LogP contribution in [0.15, 0.2) is 78.9 Å². The van der Waals surface area contributed by atoms with Crippen molar-refractivity contribution in [2.75, 3.05) is 30.0 Å². The van der Waals surface area contributed by atoms with E-state index < -0.39 is 46.6 Å². The molecule has 67 heavy (non-hydrogen) atoms. The van der Waals surface area contributed by atoms with E-state index >= 15 is 0 Å². The lowest BCUT2D eigenvalue weighted by molar-refractivity contribution is -0.142. The third kappa shape index (κ3) is 18.1. The number of nitrogens with two attached hydrogens (primary N) is 1. The van der Waals surface area contributed by atoms with Crippen LogP contribution in [-0.4, -0.2) is 73.3 Å². The van der Waals surface area contributed by atoms with Gasteiger partial charge in [0.1, 0.15) is 18.7 Å². The highest BCUT2D eigenvalue weighted by Gasteiger charge is 2.31. The fraction of sp³-hybridized carbons (Fsp3) is 0.481. The summed E-state index contributed by atoms with van der Waals surface area (Å²) in [6.45, 7) is 16.2. The summed E-state index contributed by atoms with van der Waals surface area (Å²) in [5.74, 6) is -2.89. The Kier molecular flexibility index (Phi) is 19.9. The van der Waals surface area contributed by atoms with Crippen LogP contribution in [-0.2, 0) is 56.2 Å². The quantitative estimate of drug-likeness (QED) is 0.0640. The molecule has 15 nitrogen and oxygen atoms in total. The molecule has 1 unspecified atom stereocenters. The van der Waals surface area contributed by atoms with Gasteiger partial charge in [0, 0.05) is 61.9 Å². The number of esters is 1. The van der Waals surface area contributed by atoms with Crippen LogP contribution < -0.4 is 31.9 Å². The highest BCUT2D eigenvalue weighted by atomic mass is 16.5. The molecule has 1 aliphatic rings. The van der Waals surface area contributed by atoms with E-state index in [0.29, 0.717) is 24.3 Å². The molecule has 0 saturated heterocycles. The minimum absolute atomic E-state index is 0.00451. The molecule has 4 rings (SSSR count). The summed E-state index contributed by atoms with van der Waals surface area (Å²) in [6, 6.07) is 20.4. The smallest absolute Gasteiger partial charge is 0.302 e. The molecule has 0 saturated carbocycles. The largest absolute Gasteiger partial charge is 0.461 e. The van der Waals surface area contributed by atoms with Gasteiger partial charge in [-0.15, -0.1) is 0 Å². The first-order valence-electron chi connectivity index (χ1n) is 23.0. The lowest BCUT2D eigenvalue weighted by Gasteiger charge is -2.30. The zero-order valence-corrected chi connectivity index (χ0v) is 40.4. The zero-order valence-electron chi connectivity index (χ0n) is 40.4. The van der Waals surface area contributed by atoms with Crippen molar-refractivity contribution in [1.82, 2.24) is 16.0 Å². The number of carbonyl (C=O) groups is 7. The number of primary amides is 1. The molecule has 3 atom stereocenters. The van der Waals surface area contributed by atoms with Gasteiger partial charge in [0.05, 0.1) is 19.8 Å². The average Bonchev–Trinajstić information content (AvgIpc) is 3.32. The van der Waals surface area contributed by atoms with Crippen LogP contribution in [0.2, 0.25) is 0 Å². The Bertz CT molecular complexity index is 2240. The lowest BCUT2D eigenvalue weighted by Crippen LogP contribution is -2.53. The Morgan fingerprint density at radius 1 is 0.791 bits per heavy atom. The molecule has 0 radical (unpaired) electrons. The molecule has 0 aliphatic carbocycles. The van der Waals surface area contributed by atoms with Crippen molar-refractivity contribution in [3.8, 4) is 0 Å². The predicted octanol–water partition coefficient (Wildman–Crippen LogP) is 6.69. The van der Waals surface area contributed by atoms with Crippen LogP contribution in [0.4, 0.5) is 11.4 Å². The fourth-order valence-corrected chi connectivity index (χ4v) is 7.59.